The van der Waals surface area contributed by atoms with Crippen molar-refractivity contribution >= 4 is 36.9 Å². The number of aryl methyl sites for hydroxylation is 1. The van der Waals surface area contributed by atoms with E-state index in [2.05, 4.69) is 24.9 Å². The molecule has 56 heavy (non-hydrogen) atoms. The number of nitrogens with zero attached hydrogens (tertiary/aromatic N) is 6. The highest BCUT2D eigenvalue weighted by molar-refractivity contribution is 7.47. The van der Waals surface area contributed by atoms with Crippen molar-refractivity contribution in [2.24, 2.45) is 0 Å². The summed E-state index contributed by atoms with van der Waals surface area (Å²) >= 11 is 0. The van der Waals surface area contributed by atoms with Gasteiger partial charge in [0.05, 0.1) is 30.7 Å². The molecule has 3 aromatic heterocycles. The molecule has 23 heteroatoms. The van der Waals surface area contributed by atoms with Crippen LogP contribution < -0.4 is 17.0 Å². The first-order valence-corrected chi connectivity index (χ1v) is 18.2. The van der Waals surface area contributed by atoms with Gasteiger partial charge in [-0.15, -0.1) is 0 Å². The second kappa shape index (κ2) is 15.8. The number of imidazole rings is 1. The number of ether oxygens (including phenoxy) is 4. The molecule has 0 aliphatic carbocycles. The molecule has 7 rings (SSSR count). The maximum Gasteiger partial charge on any atom is 0.472 e. The van der Waals surface area contributed by atoms with E-state index >= 15 is 0 Å². The Morgan fingerprint density at radius 2 is 1.46 bits per heavy atom. The molecule has 22 nitrogen and oxygen atoms in total. The number of benzene rings is 2. The number of esters is 2. The highest BCUT2D eigenvalue weighted by Gasteiger charge is 2.53. The van der Waals surface area contributed by atoms with Crippen molar-refractivity contribution in [2.45, 2.75) is 56.0 Å². The summed E-state index contributed by atoms with van der Waals surface area (Å²) in [4.78, 5) is 80.9. The van der Waals surface area contributed by atoms with Gasteiger partial charge in [-0.1, -0.05) is 36.4 Å². The topological polar surface area (TPSA) is 305 Å². The van der Waals surface area contributed by atoms with Crippen LogP contribution in [0.5, 0.6) is 0 Å². The monoisotopic (exact) mass is 796 g/mol. The van der Waals surface area contributed by atoms with Crippen LogP contribution in [0, 0.1) is 6.92 Å². The number of carbonyl (C=O) groups excluding carboxylic acids is 2. The fraction of sp³-hybridized carbons (Fsp3) is 0.333. The molecule has 3 unspecified atom stereocenters. The average molecular weight is 797 g/mol. The molecule has 0 saturated carbocycles. The lowest BCUT2D eigenvalue weighted by molar-refractivity contribution is -0.0617. The normalized spacial score (nSPS) is 25.9. The standard InChI is InChI=1S/C33H33N8O14P/c1-16-37-26-21(27(44)38-16)35-14-40(26)28-24(53-30(45)17-8-4-2-5-9-17)22(43)20(52-28)13-50-56(48,49)55-23-19(12-42)51-29(41-15-36-32(34)39-33(41)47)25(23)54-31(46)18-10-6-3-7-11-18/h2-11,14-15,19-20,22-25,28-29,42-43H,12-13H2,1H3,(H,48,49)(H2,34,39,47)(H,37,38,44)/t19-,20-,22+,23+,24?,25?,28-,29-/m1/s1. The fourth-order valence-corrected chi connectivity index (χ4v) is 7.13. The SMILES string of the molecule is Cc1nc2c(ncn2[C@@H]2O[C@H](COP(=O)(O)O[C@@H]3C(OC(=O)c4ccccc4)[C@H](n4cnc(N)nc4=O)O[C@@H]3CO)[C@H](O)C2OC(=O)c2ccccc2)c(=O)[nH]1. The van der Waals surface area contributed by atoms with Crippen molar-refractivity contribution in [1.29, 1.82) is 0 Å². The van der Waals surface area contributed by atoms with Crippen molar-refractivity contribution < 1.29 is 57.3 Å². The number of hydrogen-bond donors (Lipinski definition) is 5. The van der Waals surface area contributed by atoms with Gasteiger partial charge in [-0.25, -0.2) is 33.9 Å². The van der Waals surface area contributed by atoms with Gasteiger partial charge >= 0.3 is 25.5 Å². The number of anilines is 1. The summed E-state index contributed by atoms with van der Waals surface area (Å²) in [5.74, 6) is -1.95. The molecule has 294 valence electrons. The van der Waals surface area contributed by atoms with Crippen LogP contribution in [-0.4, -0.2) is 111 Å². The summed E-state index contributed by atoms with van der Waals surface area (Å²) in [5, 5.41) is 21.6. The summed E-state index contributed by atoms with van der Waals surface area (Å²) in [5.41, 5.74) is 4.10. The Hall–Kier alpha value is -5.71. The van der Waals surface area contributed by atoms with Gasteiger partial charge in [0.25, 0.3) is 5.56 Å². The third kappa shape index (κ3) is 7.85. The number of aromatic amines is 1. The Kier molecular flexibility index (Phi) is 10.9. The van der Waals surface area contributed by atoms with E-state index in [-0.39, 0.29) is 34.1 Å². The minimum atomic E-state index is -5.29. The molecule has 0 spiro atoms. The molecule has 2 aliphatic rings. The minimum absolute atomic E-state index is 0.0227. The van der Waals surface area contributed by atoms with Crippen molar-refractivity contribution in [3.8, 4) is 0 Å². The molecule has 2 aliphatic heterocycles. The number of aliphatic hydroxyl groups is 2. The van der Waals surface area contributed by atoms with Crippen LogP contribution >= 0.6 is 7.82 Å². The Balaban J connectivity index is 1.14. The highest BCUT2D eigenvalue weighted by atomic mass is 31.2. The molecule has 0 amide bonds. The summed E-state index contributed by atoms with van der Waals surface area (Å²) in [6.45, 7) is -0.204. The summed E-state index contributed by atoms with van der Waals surface area (Å²) in [7, 11) is -5.29. The maximum atomic E-state index is 13.6. The molecular formula is C33H33N8O14P. The lowest BCUT2D eigenvalue weighted by atomic mass is 10.1. The number of aliphatic hydroxyl groups excluding tert-OH is 2. The molecule has 5 heterocycles. The Morgan fingerprint density at radius 3 is 2.09 bits per heavy atom. The van der Waals surface area contributed by atoms with Gasteiger partial charge in [0.2, 0.25) is 5.95 Å². The number of nitrogens with one attached hydrogen (secondary N) is 1. The average Bonchev–Trinajstić information content (AvgIpc) is 3.84. The predicted molar refractivity (Wildman–Crippen MR) is 186 cm³/mol. The fourth-order valence-electron chi connectivity index (χ4n) is 6.17. The lowest BCUT2D eigenvalue weighted by Crippen LogP contribution is -2.41. The van der Waals surface area contributed by atoms with Crippen LogP contribution in [0.2, 0.25) is 0 Å². The largest absolute Gasteiger partial charge is 0.472 e. The molecule has 9 atom stereocenters. The van der Waals surface area contributed by atoms with Crippen LogP contribution in [-0.2, 0) is 32.6 Å². The van der Waals surface area contributed by atoms with Gasteiger partial charge in [-0.05, 0) is 31.2 Å². The van der Waals surface area contributed by atoms with E-state index in [1.54, 1.807) is 36.4 Å². The lowest BCUT2D eigenvalue weighted by Gasteiger charge is -2.26. The number of hydrogen-bond acceptors (Lipinski definition) is 18. The zero-order valence-electron chi connectivity index (χ0n) is 29.0. The maximum absolute atomic E-state index is 13.6. The van der Waals surface area contributed by atoms with E-state index in [9.17, 15) is 38.8 Å². The Labute approximate surface area is 314 Å². The molecule has 2 aromatic carbocycles. The van der Waals surface area contributed by atoms with E-state index in [4.69, 9.17) is 33.7 Å². The number of fused-ring (bicyclic) bond motifs is 1. The smallest absolute Gasteiger partial charge is 0.451 e. The number of nitrogens with two attached hydrogens (primary N) is 1. The quantitative estimate of drug-likeness (QED) is 0.0804. The molecule has 5 aromatic rings. The zero-order valence-corrected chi connectivity index (χ0v) is 29.9. The number of phosphoric ester groups is 1. The first-order valence-electron chi connectivity index (χ1n) is 16.8. The van der Waals surface area contributed by atoms with Crippen molar-refractivity contribution in [3.63, 3.8) is 0 Å². The minimum Gasteiger partial charge on any atom is -0.451 e. The van der Waals surface area contributed by atoms with E-state index in [0.717, 1.165) is 10.9 Å². The summed E-state index contributed by atoms with van der Waals surface area (Å²) in [6.07, 6.45) is -10.5. The van der Waals surface area contributed by atoms with E-state index in [0.29, 0.717) is 0 Å². The molecule has 6 N–H and O–H groups in total. The molecular weight excluding hydrogens is 763 g/mol. The second-order valence-electron chi connectivity index (χ2n) is 12.5. The third-order valence-corrected chi connectivity index (χ3v) is 9.77. The van der Waals surface area contributed by atoms with Gasteiger partial charge < -0.3 is 44.8 Å². The Morgan fingerprint density at radius 1 is 0.875 bits per heavy atom. The second-order valence-corrected chi connectivity index (χ2v) is 13.9. The van der Waals surface area contributed by atoms with Gasteiger partial charge in [0.15, 0.2) is 35.8 Å². The van der Waals surface area contributed by atoms with Gasteiger partial charge in [-0.3, -0.25) is 23.0 Å². The number of H-pyrrole nitrogens is 1. The van der Waals surface area contributed by atoms with Crippen LogP contribution in [0.25, 0.3) is 11.2 Å². The number of aromatic nitrogens is 7. The van der Waals surface area contributed by atoms with Crippen LogP contribution in [0.3, 0.4) is 0 Å². The molecule has 0 radical (unpaired) electrons. The number of rotatable bonds is 12. The van der Waals surface area contributed by atoms with Crippen LogP contribution in [0.15, 0.2) is 82.9 Å². The first-order chi connectivity index (χ1) is 26.8. The van der Waals surface area contributed by atoms with E-state index < -0.39 is 93.3 Å². The molecule has 2 saturated heterocycles. The zero-order chi connectivity index (χ0) is 39.7. The van der Waals surface area contributed by atoms with Crippen molar-refractivity contribution in [2.75, 3.05) is 18.9 Å². The van der Waals surface area contributed by atoms with Crippen LogP contribution in [0.1, 0.15) is 39.0 Å². The van der Waals surface area contributed by atoms with E-state index in [1.165, 1.54) is 42.1 Å². The van der Waals surface area contributed by atoms with Crippen molar-refractivity contribution in [1.82, 2.24) is 34.1 Å². The van der Waals surface area contributed by atoms with Gasteiger partial charge in [-0.2, -0.15) is 4.98 Å². The van der Waals surface area contributed by atoms with E-state index in [1.807, 2.05) is 0 Å². The third-order valence-electron chi connectivity index (χ3n) is 8.78. The predicted octanol–water partition coefficient (Wildman–Crippen LogP) is -0.236. The number of nitrogen functional groups attached to an aromatic ring is 1. The van der Waals surface area contributed by atoms with Gasteiger partial charge in [0, 0.05) is 0 Å². The number of carbonyl (C=O) groups is 2. The summed E-state index contributed by atoms with van der Waals surface area (Å²) < 4.78 is 49.5. The summed E-state index contributed by atoms with van der Waals surface area (Å²) in [6, 6.07) is 15.5. The molecule has 2 fully saturated rings. The van der Waals surface area contributed by atoms with Crippen LogP contribution in [0.4, 0.5) is 5.95 Å². The molecule has 0 bridgehead atoms. The van der Waals surface area contributed by atoms with Gasteiger partial charge in [0.1, 0.15) is 36.6 Å². The number of phosphoric acid groups is 1. The highest BCUT2D eigenvalue weighted by Crippen LogP contribution is 2.50. The first kappa shape index (κ1) is 38.6. The van der Waals surface area contributed by atoms with Crippen molar-refractivity contribution in [3.05, 3.63) is 111 Å². The Bertz CT molecular complexity index is 2400.